The molecule has 1 aromatic heterocycles. The summed E-state index contributed by atoms with van der Waals surface area (Å²) in [7, 11) is -3.94. The van der Waals surface area contributed by atoms with Crippen molar-refractivity contribution in [2.24, 2.45) is 0 Å². The normalized spacial score (nSPS) is 15.5. The zero-order valence-corrected chi connectivity index (χ0v) is 26.8. The number of hydrogen-bond donors (Lipinski definition) is 2. The van der Waals surface area contributed by atoms with Gasteiger partial charge < -0.3 is 19.9 Å². The predicted molar refractivity (Wildman–Crippen MR) is 175 cm³/mol. The summed E-state index contributed by atoms with van der Waals surface area (Å²) in [5.74, 6) is -0.361. The lowest BCUT2D eigenvalue weighted by Crippen LogP contribution is -2.52. The molecule has 1 fully saturated rings. The number of hydrogen-bond acceptors (Lipinski definition) is 8. The number of nitrogens with zero attached hydrogens (tertiary/aromatic N) is 4. The molecule has 0 aliphatic carbocycles. The second kappa shape index (κ2) is 14.6. The number of nitriles is 1. The summed E-state index contributed by atoms with van der Waals surface area (Å²) in [6.07, 6.45) is 3.28. The van der Waals surface area contributed by atoms with Crippen molar-refractivity contribution in [2.75, 3.05) is 24.0 Å². The number of ether oxygens (including phenoxy) is 1. The van der Waals surface area contributed by atoms with Crippen LogP contribution in [0.25, 0.3) is 11.0 Å². The van der Waals surface area contributed by atoms with Gasteiger partial charge in [0.1, 0.15) is 18.9 Å². The highest BCUT2D eigenvalue weighted by atomic mass is 32.2. The molecule has 2 heterocycles. The number of amides is 1. The minimum Gasteiger partial charge on any atom is -0.465 e. The van der Waals surface area contributed by atoms with E-state index in [4.69, 9.17) is 9.72 Å². The lowest BCUT2D eigenvalue weighted by Gasteiger charge is -2.37. The maximum absolute atomic E-state index is 14.2. The Morgan fingerprint density at radius 2 is 1.89 bits per heavy atom. The number of aromatic nitrogens is 2. The molecule has 1 saturated heterocycles. The fourth-order valence-corrected chi connectivity index (χ4v) is 7.54. The van der Waals surface area contributed by atoms with Gasteiger partial charge in [0.2, 0.25) is 5.91 Å². The lowest BCUT2D eigenvalue weighted by atomic mass is 9.99. The quantitative estimate of drug-likeness (QED) is 0.221. The standard InChI is InChI=1S/C34H38N6O5S/c1-3-45-34(42)22-37-33(41)23-39-31-17-16-27(20-30(31)38-32(39)19-25-12-14-26(21-35)15-13-25)40(24(2)29-11-7-8-18-36-29)46(43,44)28-9-5-4-6-10-28/h4-6,9-10,12-17,20,24,29,36H,3,7-8,11,18-19,22-23H2,1-2H3,(H,37,41). The van der Waals surface area contributed by atoms with Gasteiger partial charge in [-0.25, -0.2) is 13.4 Å². The molecular formula is C34H38N6O5S. The highest BCUT2D eigenvalue weighted by molar-refractivity contribution is 7.92. The van der Waals surface area contributed by atoms with Crippen molar-refractivity contribution in [1.82, 2.24) is 20.2 Å². The van der Waals surface area contributed by atoms with Gasteiger partial charge in [-0.1, -0.05) is 36.8 Å². The van der Waals surface area contributed by atoms with Gasteiger partial charge >= 0.3 is 5.97 Å². The van der Waals surface area contributed by atoms with Crippen LogP contribution in [-0.4, -0.2) is 61.6 Å². The van der Waals surface area contributed by atoms with Gasteiger partial charge in [0, 0.05) is 12.5 Å². The summed E-state index contributed by atoms with van der Waals surface area (Å²) >= 11 is 0. The van der Waals surface area contributed by atoms with Crippen molar-refractivity contribution in [3.63, 3.8) is 0 Å². The molecule has 46 heavy (non-hydrogen) atoms. The molecule has 11 nitrogen and oxygen atoms in total. The number of anilines is 1. The van der Waals surface area contributed by atoms with Gasteiger partial charge in [-0.3, -0.25) is 13.9 Å². The molecular weight excluding hydrogens is 604 g/mol. The van der Waals surface area contributed by atoms with Crippen molar-refractivity contribution < 1.29 is 22.7 Å². The molecule has 2 N–H and O–H groups in total. The molecule has 4 aromatic rings. The highest BCUT2D eigenvalue weighted by Gasteiger charge is 2.35. The third-order valence-electron chi connectivity index (χ3n) is 8.15. The van der Waals surface area contributed by atoms with Gasteiger partial charge in [0.05, 0.1) is 45.9 Å². The monoisotopic (exact) mass is 642 g/mol. The summed E-state index contributed by atoms with van der Waals surface area (Å²) in [5.41, 5.74) is 3.04. The first kappa shape index (κ1) is 32.7. The molecule has 1 aliphatic heterocycles. The average molecular weight is 643 g/mol. The molecule has 0 radical (unpaired) electrons. The summed E-state index contributed by atoms with van der Waals surface area (Å²) in [6, 6.07) is 22.5. The zero-order chi connectivity index (χ0) is 32.7. The average Bonchev–Trinajstić information content (AvgIpc) is 3.40. The van der Waals surface area contributed by atoms with Crippen molar-refractivity contribution in [3.8, 4) is 6.07 Å². The Morgan fingerprint density at radius 1 is 1.13 bits per heavy atom. The van der Waals surface area contributed by atoms with Crippen LogP contribution in [0.2, 0.25) is 0 Å². The largest absolute Gasteiger partial charge is 0.465 e. The molecule has 240 valence electrons. The second-order valence-corrected chi connectivity index (χ2v) is 13.1. The lowest BCUT2D eigenvalue weighted by molar-refractivity contribution is -0.143. The number of esters is 1. The van der Waals surface area contributed by atoms with Gasteiger partial charge in [-0.15, -0.1) is 0 Å². The number of piperidine rings is 1. The molecule has 0 bridgehead atoms. The number of carbonyl (C=O) groups is 2. The van der Waals surface area contributed by atoms with Gasteiger partial charge in [-0.05, 0) is 81.3 Å². The summed E-state index contributed by atoms with van der Waals surface area (Å²) < 4.78 is 36.6. The van der Waals surface area contributed by atoms with Crippen LogP contribution >= 0.6 is 0 Å². The third-order valence-corrected chi connectivity index (χ3v) is 10.1. The number of benzene rings is 3. The first-order valence-corrected chi connectivity index (χ1v) is 16.9. The van der Waals surface area contributed by atoms with Crippen LogP contribution in [-0.2, 0) is 37.3 Å². The van der Waals surface area contributed by atoms with E-state index in [1.807, 2.05) is 19.1 Å². The number of carbonyl (C=O) groups excluding carboxylic acids is 2. The van der Waals surface area contributed by atoms with Crippen molar-refractivity contribution in [2.45, 2.75) is 63.1 Å². The van der Waals surface area contributed by atoms with E-state index < -0.39 is 27.9 Å². The van der Waals surface area contributed by atoms with E-state index in [0.717, 1.165) is 31.4 Å². The van der Waals surface area contributed by atoms with Crippen LogP contribution < -0.4 is 14.9 Å². The Balaban J connectivity index is 1.55. The fourth-order valence-electron chi connectivity index (χ4n) is 5.83. The van der Waals surface area contributed by atoms with Crippen molar-refractivity contribution in [1.29, 1.82) is 5.26 Å². The van der Waals surface area contributed by atoms with Crippen LogP contribution in [0.5, 0.6) is 0 Å². The van der Waals surface area contributed by atoms with Gasteiger partial charge in [0.25, 0.3) is 10.0 Å². The molecule has 3 aromatic carbocycles. The Kier molecular flexibility index (Phi) is 10.3. The van der Waals surface area contributed by atoms with E-state index in [0.29, 0.717) is 34.5 Å². The topological polar surface area (TPSA) is 146 Å². The minimum atomic E-state index is -3.94. The van der Waals surface area contributed by atoms with Crippen LogP contribution in [0.15, 0.2) is 77.7 Å². The predicted octanol–water partition coefficient (Wildman–Crippen LogP) is 3.90. The summed E-state index contributed by atoms with van der Waals surface area (Å²) in [6.45, 7) is 4.29. The van der Waals surface area contributed by atoms with Crippen LogP contribution in [0, 0.1) is 11.3 Å². The van der Waals surface area contributed by atoms with Crippen LogP contribution in [0.1, 0.15) is 50.1 Å². The van der Waals surface area contributed by atoms with E-state index in [1.54, 1.807) is 72.2 Å². The van der Waals surface area contributed by atoms with Crippen LogP contribution in [0.3, 0.4) is 0 Å². The number of nitrogens with one attached hydrogen (secondary N) is 2. The second-order valence-electron chi connectivity index (χ2n) is 11.3. The van der Waals surface area contributed by atoms with Crippen molar-refractivity contribution in [3.05, 3.63) is 89.7 Å². The van der Waals surface area contributed by atoms with Gasteiger partial charge in [0.15, 0.2) is 0 Å². The SMILES string of the molecule is CCOC(=O)CNC(=O)Cn1c(Cc2ccc(C#N)cc2)nc2cc(N(C(C)C3CCCCN3)S(=O)(=O)c3ccccc3)ccc21. The highest BCUT2D eigenvalue weighted by Crippen LogP contribution is 2.32. The number of rotatable bonds is 12. The van der Waals surface area contributed by atoms with E-state index in [-0.39, 0.29) is 30.6 Å². The van der Waals surface area contributed by atoms with E-state index in [1.165, 1.54) is 4.31 Å². The van der Waals surface area contributed by atoms with E-state index in [2.05, 4.69) is 16.7 Å². The minimum absolute atomic E-state index is 0.0319. The maximum Gasteiger partial charge on any atom is 0.325 e. The van der Waals surface area contributed by atoms with Crippen LogP contribution in [0.4, 0.5) is 5.69 Å². The van der Waals surface area contributed by atoms with Crippen molar-refractivity contribution >= 4 is 38.6 Å². The van der Waals surface area contributed by atoms with Gasteiger partial charge in [-0.2, -0.15) is 5.26 Å². The van der Waals surface area contributed by atoms with E-state index in [9.17, 15) is 23.3 Å². The molecule has 12 heteroatoms. The Labute approximate surface area is 269 Å². The summed E-state index contributed by atoms with van der Waals surface area (Å²) in [5, 5.41) is 15.3. The smallest absolute Gasteiger partial charge is 0.325 e. The zero-order valence-electron chi connectivity index (χ0n) is 26.0. The molecule has 2 unspecified atom stereocenters. The Bertz CT molecular complexity index is 1830. The Hall–Kier alpha value is -4.73. The first-order valence-electron chi connectivity index (χ1n) is 15.4. The maximum atomic E-state index is 14.2. The fraction of sp³-hybridized carbons (Fsp3) is 0.353. The first-order chi connectivity index (χ1) is 22.2. The molecule has 1 amide bonds. The number of sulfonamides is 1. The molecule has 1 aliphatic rings. The number of fused-ring (bicyclic) bond motifs is 1. The molecule has 0 spiro atoms. The molecule has 5 rings (SSSR count). The number of imidazole rings is 1. The molecule has 0 saturated carbocycles. The van der Waals surface area contributed by atoms with E-state index >= 15 is 0 Å². The Morgan fingerprint density at radius 3 is 2.57 bits per heavy atom. The molecule has 2 atom stereocenters. The third kappa shape index (κ3) is 7.38. The summed E-state index contributed by atoms with van der Waals surface area (Å²) in [4.78, 5) is 29.9.